The zero-order chi connectivity index (χ0) is 11.1. The van der Waals surface area contributed by atoms with Gasteiger partial charge in [0, 0.05) is 11.1 Å². The average molecular weight is 225 g/mol. The minimum atomic E-state index is -0.417. The van der Waals surface area contributed by atoms with Crippen molar-refractivity contribution in [1.29, 1.82) is 0 Å². The van der Waals surface area contributed by atoms with E-state index in [1.54, 1.807) is 0 Å². The van der Waals surface area contributed by atoms with Crippen LogP contribution in [0.25, 0.3) is 0 Å². The summed E-state index contributed by atoms with van der Waals surface area (Å²) in [5.41, 5.74) is 0.775. The minimum Gasteiger partial charge on any atom is -0.387 e. The highest BCUT2D eigenvalue weighted by atomic mass is 32.2. The Balaban J connectivity index is 2.49. The number of aromatic nitrogens is 1. The largest absolute Gasteiger partial charge is 0.387 e. The third kappa shape index (κ3) is 4.22. The number of hydrogen-bond acceptors (Lipinski definition) is 3. The Bertz CT molecular complexity index is 273. The van der Waals surface area contributed by atoms with Crippen LogP contribution in [0, 0.1) is 0 Å². The Morgan fingerprint density at radius 2 is 2.20 bits per heavy atom. The van der Waals surface area contributed by atoms with E-state index in [4.69, 9.17) is 0 Å². The van der Waals surface area contributed by atoms with Crippen LogP contribution < -0.4 is 0 Å². The molecule has 0 amide bonds. The van der Waals surface area contributed by atoms with Gasteiger partial charge in [0.2, 0.25) is 0 Å². The molecule has 15 heavy (non-hydrogen) atoms. The second-order valence-corrected chi connectivity index (χ2v) is 4.71. The maximum atomic E-state index is 9.56. The molecule has 0 aromatic carbocycles. The lowest BCUT2D eigenvalue weighted by Crippen LogP contribution is -1.97. The molecule has 0 saturated heterocycles. The molecule has 0 bridgehead atoms. The van der Waals surface area contributed by atoms with Gasteiger partial charge in [-0.25, -0.2) is 0 Å². The predicted molar refractivity (Wildman–Crippen MR) is 65.1 cm³/mol. The topological polar surface area (TPSA) is 33.1 Å². The molecule has 0 radical (unpaired) electrons. The molecule has 0 spiro atoms. The summed E-state index contributed by atoms with van der Waals surface area (Å²) in [7, 11) is 0. The maximum Gasteiger partial charge on any atom is 0.0957 e. The normalized spacial score (nSPS) is 12.7. The summed E-state index contributed by atoms with van der Waals surface area (Å²) in [4.78, 5) is 5.45. The maximum absolute atomic E-state index is 9.56. The van der Waals surface area contributed by atoms with Gasteiger partial charge < -0.3 is 5.11 Å². The lowest BCUT2D eigenvalue weighted by atomic mass is 10.2. The second-order valence-electron chi connectivity index (χ2n) is 3.54. The highest BCUT2D eigenvalue weighted by molar-refractivity contribution is 7.99. The lowest BCUT2D eigenvalue weighted by Gasteiger charge is -2.07. The molecule has 0 aliphatic rings. The summed E-state index contributed by atoms with van der Waals surface area (Å²) >= 11 is 1.83. The van der Waals surface area contributed by atoms with Crippen molar-refractivity contribution >= 4 is 11.8 Å². The van der Waals surface area contributed by atoms with Gasteiger partial charge in [-0.05, 0) is 30.7 Å². The smallest absolute Gasteiger partial charge is 0.0957 e. The Hall–Kier alpha value is -0.540. The Labute approximate surface area is 96.1 Å². The van der Waals surface area contributed by atoms with Crippen LogP contribution in [0.1, 0.15) is 44.9 Å². The van der Waals surface area contributed by atoms with E-state index in [1.165, 1.54) is 17.7 Å². The first-order valence-corrected chi connectivity index (χ1v) is 6.53. The van der Waals surface area contributed by atoms with Gasteiger partial charge in [-0.15, -0.1) is 11.8 Å². The number of thioether (sulfide) groups is 1. The van der Waals surface area contributed by atoms with Gasteiger partial charge in [0.05, 0.1) is 11.8 Å². The highest BCUT2D eigenvalue weighted by Gasteiger charge is 2.05. The molecule has 0 aliphatic heterocycles. The van der Waals surface area contributed by atoms with Crippen molar-refractivity contribution in [2.24, 2.45) is 0 Å². The van der Waals surface area contributed by atoms with E-state index in [0.29, 0.717) is 0 Å². The molecule has 3 heteroatoms. The van der Waals surface area contributed by atoms with Crippen LogP contribution in [0.4, 0.5) is 0 Å². The van der Waals surface area contributed by atoms with Crippen LogP contribution in [-0.2, 0) is 0 Å². The molecule has 1 N–H and O–H groups in total. The fourth-order valence-electron chi connectivity index (χ4n) is 1.22. The number of unbranched alkanes of at least 4 members (excludes halogenated alkanes) is 1. The van der Waals surface area contributed by atoms with Crippen LogP contribution >= 0.6 is 11.8 Å². The predicted octanol–water partition coefficient (Wildman–Crippen LogP) is 3.42. The van der Waals surface area contributed by atoms with Crippen LogP contribution in [0.2, 0.25) is 0 Å². The fraction of sp³-hybridized carbons (Fsp3) is 0.583. The molecule has 1 heterocycles. The summed E-state index contributed by atoms with van der Waals surface area (Å²) < 4.78 is 0. The molecule has 0 saturated carbocycles. The highest BCUT2D eigenvalue weighted by Crippen LogP contribution is 2.20. The van der Waals surface area contributed by atoms with Crippen molar-refractivity contribution in [2.75, 3.05) is 5.75 Å². The molecule has 0 aliphatic carbocycles. The quantitative estimate of drug-likeness (QED) is 0.595. The third-order valence-corrected chi connectivity index (χ3v) is 3.32. The van der Waals surface area contributed by atoms with E-state index < -0.39 is 6.10 Å². The first kappa shape index (κ1) is 12.5. The lowest BCUT2D eigenvalue weighted by molar-refractivity contribution is 0.169. The number of hydrogen-bond donors (Lipinski definition) is 1. The van der Waals surface area contributed by atoms with E-state index in [2.05, 4.69) is 11.9 Å². The molecule has 1 aromatic heterocycles. The fourth-order valence-corrected chi connectivity index (χ4v) is 2.18. The van der Waals surface area contributed by atoms with E-state index in [0.717, 1.165) is 17.9 Å². The summed E-state index contributed by atoms with van der Waals surface area (Å²) in [6.07, 6.45) is 4.63. The van der Waals surface area contributed by atoms with E-state index >= 15 is 0 Å². The molecule has 1 rings (SSSR count). The zero-order valence-corrected chi connectivity index (χ0v) is 10.3. The van der Waals surface area contributed by atoms with Gasteiger partial charge >= 0.3 is 0 Å². The van der Waals surface area contributed by atoms with Crippen LogP contribution in [0.15, 0.2) is 23.2 Å². The van der Waals surface area contributed by atoms with E-state index in [-0.39, 0.29) is 0 Å². The number of aliphatic hydroxyl groups is 1. The average Bonchev–Trinajstić information content (AvgIpc) is 2.29. The molecular weight excluding hydrogens is 206 g/mol. The standard InChI is InChI=1S/C12H19NOS/c1-3-5-8-15-10-6-7-11(13-9-10)12(14)4-2/h6-7,9,12,14H,3-5,8H2,1-2H3. The molecule has 1 atom stereocenters. The number of aliphatic hydroxyl groups excluding tert-OH is 1. The van der Waals surface area contributed by atoms with Gasteiger partial charge in [-0.1, -0.05) is 20.3 Å². The second kappa shape index (κ2) is 6.85. The van der Waals surface area contributed by atoms with E-state index in [1.807, 2.05) is 37.0 Å². The Kier molecular flexibility index (Phi) is 5.73. The monoisotopic (exact) mass is 225 g/mol. The van der Waals surface area contributed by atoms with Crippen molar-refractivity contribution < 1.29 is 5.11 Å². The molecule has 0 fully saturated rings. The molecular formula is C12H19NOS. The van der Waals surface area contributed by atoms with Crippen molar-refractivity contribution in [3.05, 3.63) is 24.0 Å². The van der Waals surface area contributed by atoms with Crippen LogP contribution in [0.5, 0.6) is 0 Å². The van der Waals surface area contributed by atoms with Crippen LogP contribution in [-0.4, -0.2) is 15.8 Å². The first-order chi connectivity index (χ1) is 7.27. The summed E-state index contributed by atoms with van der Waals surface area (Å²) in [5.74, 6) is 1.15. The Morgan fingerprint density at radius 1 is 1.40 bits per heavy atom. The van der Waals surface area contributed by atoms with Crippen molar-refractivity contribution in [2.45, 2.75) is 44.1 Å². The molecule has 1 aromatic rings. The van der Waals surface area contributed by atoms with Crippen molar-refractivity contribution in [1.82, 2.24) is 4.98 Å². The van der Waals surface area contributed by atoms with Crippen molar-refractivity contribution in [3.63, 3.8) is 0 Å². The molecule has 1 unspecified atom stereocenters. The summed E-state index contributed by atoms with van der Waals surface area (Å²) in [6, 6.07) is 3.96. The zero-order valence-electron chi connectivity index (χ0n) is 9.44. The van der Waals surface area contributed by atoms with Crippen LogP contribution in [0.3, 0.4) is 0 Å². The van der Waals surface area contributed by atoms with Gasteiger partial charge in [0.25, 0.3) is 0 Å². The van der Waals surface area contributed by atoms with Gasteiger partial charge in [-0.3, -0.25) is 4.98 Å². The molecule has 84 valence electrons. The summed E-state index contributed by atoms with van der Waals surface area (Å²) in [6.45, 7) is 4.15. The SMILES string of the molecule is CCCCSc1ccc(C(O)CC)nc1. The first-order valence-electron chi connectivity index (χ1n) is 5.54. The van der Waals surface area contributed by atoms with E-state index in [9.17, 15) is 5.11 Å². The van der Waals surface area contributed by atoms with Crippen molar-refractivity contribution in [3.8, 4) is 0 Å². The van der Waals surface area contributed by atoms with Gasteiger partial charge in [0.15, 0.2) is 0 Å². The van der Waals surface area contributed by atoms with Gasteiger partial charge in [0.1, 0.15) is 0 Å². The number of pyridine rings is 1. The summed E-state index contributed by atoms with van der Waals surface area (Å²) in [5, 5.41) is 9.56. The molecule has 2 nitrogen and oxygen atoms in total. The van der Waals surface area contributed by atoms with Gasteiger partial charge in [-0.2, -0.15) is 0 Å². The number of nitrogens with zero attached hydrogens (tertiary/aromatic N) is 1. The number of rotatable bonds is 6. The third-order valence-electron chi connectivity index (χ3n) is 2.25. The minimum absolute atomic E-state index is 0.417. The Morgan fingerprint density at radius 3 is 2.73 bits per heavy atom.